The number of nitrogens with one attached hydrogen (secondary N) is 2. The predicted molar refractivity (Wildman–Crippen MR) is 113 cm³/mol. The molecule has 1 atom stereocenters. The number of carbonyl (C=O) groups is 2. The van der Waals surface area contributed by atoms with Gasteiger partial charge >= 0.3 is 0 Å². The molecule has 2 amide bonds. The second kappa shape index (κ2) is 8.09. The molecule has 1 aliphatic heterocycles. The number of rotatable bonds is 7. The number of fused-ring (bicyclic) bond motifs is 1. The Morgan fingerprint density at radius 3 is 2.69 bits per heavy atom. The van der Waals surface area contributed by atoms with Gasteiger partial charge in [0.15, 0.2) is 0 Å². The summed E-state index contributed by atoms with van der Waals surface area (Å²) in [7, 11) is 0. The molecule has 6 nitrogen and oxygen atoms in total. The van der Waals surface area contributed by atoms with Crippen LogP contribution in [0.15, 0.2) is 48.5 Å². The Kier molecular flexibility index (Phi) is 5.36. The maximum atomic E-state index is 12.8. The van der Waals surface area contributed by atoms with Gasteiger partial charge in [-0.15, -0.1) is 0 Å². The first-order valence-electron chi connectivity index (χ1n) is 9.96. The molecule has 0 unspecified atom stereocenters. The normalized spacial score (nSPS) is 16.8. The van der Waals surface area contributed by atoms with Gasteiger partial charge in [-0.1, -0.05) is 13.0 Å². The second-order valence-corrected chi connectivity index (χ2v) is 7.42. The molecule has 2 aromatic carbocycles. The molecule has 4 rings (SSSR count). The Morgan fingerprint density at radius 2 is 1.93 bits per heavy atom. The average molecular weight is 391 g/mol. The highest BCUT2D eigenvalue weighted by molar-refractivity contribution is 6.22. The molecule has 0 saturated carbocycles. The lowest BCUT2D eigenvalue weighted by Crippen LogP contribution is -2.38. The van der Waals surface area contributed by atoms with Crippen molar-refractivity contribution in [3.63, 3.8) is 0 Å². The smallest absolute Gasteiger partial charge is 0.251 e. The van der Waals surface area contributed by atoms with Crippen molar-refractivity contribution in [3.05, 3.63) is 59.8 Å². The number of nitrogens with zero attached hydrogens (tertiary/aromatic N) is 1. The molecular weight excluding hydrogens is 366 g/mol. The summed E-state index contributed by atoms with van der Waals surface area (Å²) in [5.41, 5.74) is 3.87. The second-order valence-electron chi connectivity index (χ2n) is 7.42. The maximum Gasteiger partial charge on any atom is 0.251 e. The summed E-state index contributed by atoms with van der Waals surface area (Å²) in [6, 6.07) is 14.8. The van der Waals surface area contributed by atoms with Crippen LogP contribution in [0.25, 0.3) is 10.9 Å². The van der Waals surface area contributed by atoms with E-state index in [4.69, 9.17) is 4.74 Å². The van der Waals surface area contributed by atoms with Gasteiger partial charge in [0.2, 0.25) is 5.91 Å². The van der Waals surface area contributed by atoms with E-state index in [1.165, 1.54) is 4.90 Å². The van der Waals surface area contributed by atoms with Crippen LogP contribution in [0.5, 0.6) is 5.75 Å². The van der Waals surface area contributed by atoms with Gasteiger partial charge in [0, 0.05) is 17.8 Å². The molecule has 0 spiro atoms. The molecule has 3 aromatic rings. The number of aromatic amines is 1. The Morgan fingerprint density at radius 1 is 1.14 bits per heavy atom. The molecule has 1 fully saturated rings. The van der Waals surface area contributed by atoms with Crippen LogP contribution in [0.4, 0.5) is 5.69 Å². The van der Waals surface area contributed by atoms with E-state index >= 15 is 0 Å². The highest BCUT2D eigenvalue weighted by atomic mass is 16.5. The van der Waals surface area contributed by atoms with Crippen LogP contribution >= 0.6 is 0 Å². The molecule has 0 radical (unpaired) electrons. The zero-order chi connectivity index (χ0) is 20.4. The van der Waals surface area contributed by atoms with Crippen LogP contribution in [0.1, 0.15) is 31.0 Å². The van der Waals surface area contributed by atoms with Gasteiger partial charge in [-0.25, -0.2) is 4.90 Å². The summed E-state index contributed by atoms with van der Waals surface area (Å²) < 4.78 is 5.56. The van der Waals surface area contributed by atoms with Crippen molar-refractivity contribution in [1.29, 1.82) is 0 Å². The van der Waals surface area contributed by atoms with Crippen molar-refractivity contribution < 1.29 is 14.3 Å². The number of H-pyrrole nitrogens is 1. The van der Waals surface area contributed by atoms with Crippen LogP contribution < -0.4 is 15.0 Å². The van der Waals surface area contributed by atoms with Crippen LogP contribution in [0.3, 0.4) is 0 Å². The number of imide groups is 1. The van der Waals surface area contributed by atoms with E-state index in [0.717, 1.165) is 34.3 Å². The number of aromatic nitrogens is 1. The van der Waals surface area contributed by atoms with E-state index in [1.54, 1.807) is 24.3 Å². The Labute approximate surface area is 169 Å². The zero-order valence-electron chi connectivity index (χ0n) is 16.7. The van der Waals surface area contributed by atoms with Crippen molar-refractivity contribution in [3.8, 4) is 5.75 Å². The SMILES string of the molecule is CCCOc1ccc(N2C(=O)C[C@H](NCc3ccc4[nH]c(C)cc4c3)C2=O)cc1. The van der Waals surface area contributed by atoms with Crippen molar-refractivity contribution in [2.45, 2.75) is 39.3 Å². The largest absolute Gasteiger partial charge is 0.494 e. The van der Waals surface area contributed by atoms with Crippen LogP contribution in [0, 0.1) is 6.92 Å². The van der Waals surface area contributed by atoms with Crippen molar-refractivity contribution in [2.75, 3.05) is 11.5 Å². The van der Waals surface area contributed by atoms with E-state index in [9.17, 15) is 9.59 Å². The van der Waals surface area contributed by atoms with Crippen LogP contribution in [-0.4, -0.2) is 29.4 Å². The third-order valence-corrected chi connectivity index (χ3v) is 5.09. The van der Waals surface area contributed by atoms with Gasteiger partial charge in [-0.3, -0.25) is 9.59 Å². The zero-order valence-corrected chi connectivity index (χ0v) is 16.7. The number of ether oxygens (including phenoxy) is 1. The fraction of sp³-hybridized carbons (Fsp3) is 0.304. The highest BCUT2D eigenvalue weighted by Crippen LogP contribution is 2.26. The molecule has 0 bridgehead atoms. The molecule has 2 N–H and O–H groups in total. The molecule has 1 aliphatic rings. The summed E-state index contributed by atoms with van der Waals surface area (Å²) in [4.78, 5) is 29.9. The van der Waals surface area contributed by atoms with E-state index in [1.807, 2.05) is 26.0 Å². The summed E-state index contributed by atoms with van der Waals surface area (Å²) in [5, 5.41) is 4.38. The summed E-state index contributed by atoms with van der Waals surface area (Å²) in [6.45, 7) is 5.24. The van der Waals surface area contributed by atoms with Gasteiger partial charge in [-0.05, 0) is 66.8 Å². The fourth-order valence-electron chi connectivity index (χ4n) is 3.65. The number of amides is 2. The van der Waals surface area contributed by atoms with Gasteiger partial charge in [0.1, 0.15) is 5.75 Å². The third-order valence-electron chi connectivity index (χ3n) is 5.09. The lowest BCUT2D eigenvalue weighted by molar-refractivity contribution is -0.121. The molecule has 6 heteroatoms. The van der Waals surface area contributed by atoms with E-state index in [0.29, 0.717) is 18.8 Å². The monoisotopic (exact) mass is 391 g/mol. The number of carbonyl (C=O) groups excluding carboxylic acids is 2. The summed E-state index contributed by atoms with van der Waals surface area (Å²) in [6.07, 6.45) is 1.09. The first-order chi connectivity index (χ1) is 14.0. The lowest BCUT2D eigenvalue weighted by atomic mass is 10.1. The molecule has 150 valence electrons. The quantitative estimate of drug-likeness (QED) is 0.603. The molecule has 0 aliphatic carbocycles. The van der Waals surface area contributed by atoms with E-state index in [-0.39, 0.29) is 18.2 Å². The molecule has 1 aromatic heterocycles. The molecule has 1 saturated heterocycles. The van der Waals surface area contributed by atoms with Crippen molar-refractivity contribution >= 4 is 28.4 Å². The van der Waals surface area contributed by atoms with E-state index < -0.39 is 6.04 Å². The van der Waals surface area contributed by atoms with Gasteiger partial charge in [-0.2, -0.15) is 0 Å². The number of aryl methyl sites for hydroxylation is 1. The number of benzene rings is 2. The Hall–Kier alpha value is -3.12. The molecular formula is C23H25N3O3. The minimum atomic E-state index is -0.512. The van der Waals surface area contributed by atoms with Crippen LogP contribution in [0.2, 0.25) is 0 Å². The topological polar surface area (TPSA) is 74.4 Å². The standard InChI is InChI=1S/C23H25N3O3/c1-3-10-29-19-7-5-18(6-8-19)26-22(27)13-21(23(26)28)24-14-16-4-9-20-17(12-16)11-15(2)25-20/h4-9,11-12,21,24-25H,3,10,13-14H2,1-2H3/t21-/m0/s1. The lowest BCUT2D eigenvalue weighted by Gasteiger charge is -2.16. The van der Waals surface area contributed by atoms with Gasteiger partial charge in [0.25, 0.3) is 5.91 Å². The summed E-state index contributed by atoms with van der Waals surface area (Å²) >= 11 is 0. The molecule has 29 heavy (non-hydrogen) atoms. The fourth-order valence-corrected chi connectivity index (χ4v) is 3.65. The van der Waals surface area contributed by atoms with E-state index in [2.05, 4.69) is 22.4 Å². The Balaban J connectivity index is 1.41. The molecule has 2 heterocycles. The minimum absolute atomic E-state index is 0.165. The third kappa shape index (κ3) is 4.03. The minimum Gasteiger partial charge on any atom is -0.494 e. The number of hydrogen-bond donors (Lipinski definition) is 2. The predicted octanol–water partition coefficient (Wildman–Crippen LogP) is 3.69. The van der Waals surface area contributed by atoms with Gasteiger partial charge in [0.05, 0.1) is 24.8 Å². The number of hydrogen-bond acceptors (Lipinski definition) is 4. The Bertz CT molecular complexity index is 1040. The van der Waals surface area contributed by atoms with Crippen molar-refractivity contribution in [2.24, 2.45) is 0 Å². The maximum absolute atomic E-state index is 12.8. The summed E-state index contributed by atoms with van der Waals surface area (Å²) in [5.74, 6) is 0.335. The van der Waals surface area contributed by atoms with Crippen LogP contribution in [-0.2, 0) is 16.1 Å². The highest BCUT2D eigenvalue weighted by Gasteiger charge is 2.39. The van der Waals surface area contributed by atoms with Crippen molar-refractivity contribution in [1.82, 2.24) is 10.3 Å². The first-order valence-corrected chi connectivity index (χ1v) is 9.96. The average Bonchev–Trinajstić information content (AvgIpc) is 3.22. The van der Waals surface area contributed by atoms with Gasteiger partial charge < -0.3 is 15.0 Å². The first kappa shape index (κ1) is 19.2. The number of anilines is 1.